The lowest BCUT2D eigenvalue weighted by atomic mass is 10.3. The van der Waals surface area contributed by atoms with Crippen LogP contribution >= 0.6 is 11.3 Å². The average molecular weight is 229 g/mol. The van der Waals surface area contributed by atoms with Gasteiger partial charge in [0, 0.05) is 17.6 Å². The summed E-state index contributed by atoms with van der Waals surface area (Å²) in [5.74, 6) is 0.815. The van der Waals surface area contributed by atoms with Gasteiger partial charge in [-0.2, -0.15) is 5.26 Å². The van der Waals surface area contributed by atoms with E-state index in [1.807, 2.05) is 12.1 Å². The minimum Gasteiger partial charge on any atom is -0.370 e. The highest BCUT2D eigenvalue weighted by molar-refractivity contribution is 7.09. The first-order chi connectivity index (χ1) is 7.88. The number of pyridine rings is 1. The second-order valence-electron chi connectivity index (χ2n) is 3.30. The molecule has 0 saturated carbocycles. The van der Waals surface area contributed by atoms with Crippen molar-refractivity contribution in [1.82, 2.24) is 4.98 Å². The van der Waals surface area contributed by atoms with Crippen LogP contribution in [0.25, 0.3) is 0 Å². The Hall–Kier alpha value is -1.86. The van der Waals surface area contributed by atoms with Crippen LogP contribution in [0.3, 0.4) is 0 Å². The van der Waals surface area contributed by atoms with Crippen LogP contribution in [0.15, 0.2) is 35.8 Å². The van der Waals surface area contributed by atoms with Gasteiger partial charge in [0.15, 0.2) is 0 Å². The first-order valence-corrected chi connectivity index (χ1v) is 5.89. The molecule has 2 aromatic heterocycles. The number of anilines is 1. The first kappa shape index (κ1) is 10.7. The summed E-state index contributed by atoms with van der Waals surface area (Å²) in [4.78, 5) is 5.50. The summed E-state index contributed by atoms with van der Waals surface area (Å²) in [7, 11) is 0. The van der Waals surface area contributed by atoms with E-state index in [4.69, 9.17) is 5.26 Å². The van der Waals surface area contributed by atoms with Gasteiger partial charge in [-0.3, -0.25) is 0 Å². The normalized spacial score (nSPS) is 9.69. The summed E-state index contributed by atoms with van der Waals surface area (Å²) in [6.45, 7) is 0.861. The molecular weight excluding hydrogens is 218 g/mol. The van der Waals surface area contributed by atoms with Crippen LogP contribution in [-0.4, -0.2) is 11.5 Å². The van der Waals surface area contributed by atoms with Gasteiger partial charge in [-0.15, -0.1) is 11.3 Å². The van der Waals surface area contributed by atoms with Crippen molar-refractivity contribution in [3.8, 4) is 6.07 Å². The quantitative estimate of drug-likeness (QED) is 0.876. The van der Waals surface area contributed by atoms with Crippen LogP contribution in [0.1, 0.15) is 10.4 Å². The van der Waals surface area contributed by atoms with Crippen molar-refractivity contribution in [3.63, 3.8) is 0 Å². The lowest BCUT2D eigenvalue weighted by molar-refractivity contribution is 1.03. The Morgan fingerprint density at radius 2 is 2.31 bits per heavy atom. The average Bonchev–Trinajstić information content (AvgIpc) is 2.83. The number of rotatable bonds is 4. The number of nitrogens with one attached hydrogen (secondary N) is 1. The Morgan fingerprint density at radius 1 is 1.38 bits per heavy atom. The zero-order valence-corrected chi connectivity index (χ0v) is 9.50. The van der Waals surface area contributed by atoms with E-state index in [1.165, 1.54) is 4.88 Å². The molecule has 0 radical (unpaired) electrons. The molecule has 0 aromatic carbocycles. The van der Waals surface area contributed by atoms with Crippen molar-refractivity contribution >= 4 is 17.2 Å². The van der Waals surface area contributed by atoms with Crippen molar-refractivity contribution in [2.24, 2.45) is 0 Å². The van der Waals surface area contributed by atoms with Gasteiger partial charge < -0.3 is 5.32 Å². The van der Waals surface area contributed by atoms with E-state index >= 15 is 0 Å². The summed E-state index contributed by atoms with van der Waals surface area (Å²) in [5.41, 5.74) is 0.587. The third-order valence-electron chi connectivity index (χ3n) is 2.15. The number of aromatic nitrogens is 1. The topological polar surface area (TPSA) is 48.7 Å². The summed E-state index contributed by atoms with van der Waals surface area (Å²) < 4.78 is 0. The van der Waals surface area contributed by atoms with Crippen LogP contribution in [-0.2, 0) is 6.42 Å². The van der Waals surface area contributed by atoms with Gasteiger partial charge >= 0.3 is 0 Å². The van der Waals surface area contributed by atoms with E-state index in [0.717, 1.165) is 18.8 Å². The molecule has 2 heterocycles. The molecule has 1 N–H and O–H groups in total. The molecule has 0 bridgehead atoms. The number of thiophene rings is 1. The molecule has 2 rings (SSSR count). The summed E-state index contributed by atoms with van der Waals surface area (Å²) >= 11 is 1.76. The smallest absolute Gasteiger partial charge is 0.125 e. The molecule has 0 spiro atoms. The van der Waals surface area contributed by atoms with E-state index in [-0.39, 0.29) is 0 Å². The van der Waals surface area contributed by atoms with E-state index in [9.17, 15) is 0 Å². The molecule has 0 aliphatic carbocycles. The Balaban J connectivity index is 1.83. The fraction of sp³-hybridized carbons (Fsp3) is 0.167. The molecule has 16 heavy (non-hydrogen) atoms. The molecule has 3 nitrogen and oxygen atoms in total. The molecule has 0 amide bonds. The van der Waals surface area contributed by atoms with E-state index in [0.29, 0.717) is 5.56 Å². The van der Waals surface area contributed by atoms with Crippen LogP contribution in [0.2, 0.25) is 0 Å². The SMILES string of the molecule is N#Cc1ccc(NCCc2cccs2)nc1. The summed E-state index contributed by atoms with van der Waals surface area (Å²) in [5, 5.41) is 13.9. The van der Waals surface area contributed by atoms with Gasteiger partial charge in [0.05, 0.1) is 5.56 Å². The summed E-state index contributed by atoms with van der Waals surface area (Å²) in [6.07, 6.45) is 2.58. The maximum Gasteiger partial charge on any atom is 0.125 e. The van der Waals surface area contributed by atoms with Crippen LogP contribution in [0, 0.1) is 11.3 Å². The van der Waals surface area contributed by atoms with Crippen molar-refractivity contribution < 1.29 is 0 Å². The number of nitrogens with zero attached hydrogens (tertiary/aromatic N) is 2. The molecular formula is C12H11N3S. The molecule has 0 saturated heterocycles. The lowest BCUT2D eigenvalue weighted by Crippen LogP contribution is -2.05. The monoisotopic (exact) mass is 229 g/mol. The maximum atomic E-state index is 8.62. The number of hydrogen-bond donors (Lipinski definition) is 1. The van der Waals surface area contributed by atoms with Crippen molar-refractivity contribution in [2.45, 2.75) is 6.42 Å². The maximum absolute atomic E-state index is 8.62. The van der Waals surface area contributed by atoms with E-state index < -0.39 is 0 Å². The van der Waals surface area contributed by atoms with Crippen LogP contribution in [0.4, 0.5) is 5.82 Å². The predicted octanol–water partition coefficient (Wildman–Crippen LogP) is 2.67. The predicted molar refractivity (Wildman–Crippen MR) is 65.5 cm³/mol. The first-order valence-electron chi connectivity index (χ1n) is 5.01. The van der Waals surface area contributed by atoms with Crippen LogP contribution in [0.5, 0.6) is 0 Å². The highest BCUT2D eigenvalue weighted by Crippen LogP contribution is 2.09. The Labute approximate surface area is 98.4 Å². The zero-order chi connectivity index (χ0) is 11.2. The molecule has 0 aliphatic rings. The molecule has 0 aliphatic heterocycles. The minimum atomic E-state index is 0.587. The Kier molecular flexibility index (Phi) is 3.52. The lowest BCUT2D eigenvalue weighted by Gasteiger charge is -2.03. The van der Waals surface area contributed by atoms with Gasteiger partial charge in [0.2, 0.25) is 0 Å². The number of hydrogen-bond acceptors (Lipinski definition) is 4. The van der Waals surface area contributed by atoms with Crippen molar-refractivity contribution in [3.05, 3.63) is 46.3 Å². The molecule has 80 valence electrons. The second-order valence-corrected chi connectivity index (χ2v) is 4.33. The number of nitriles is 1. The molecule has 4 heteroatoms. The minimum absolute atomic E-state index is 0.587. The standard InChI is InChI=1S/C12H11N3S/c13-8-10-3-4-12(15-9-10)14-6-5-11-2-1-7-16-11/h1-4,7,9H,5-6H2,(H,14,15). The van der Waals surface area contributed by atoms with Gasteiger partial charge in [-0.1, -0.05) is 6.07 Å². The highest BCUT2D eigenvalue weighted by Gasteiger charge is 1.96. The molecule has 0 fully saturated rings. The van der Waals surface area contributed by atoms with Gasteiger partial charge in [-0.05, 0) is 30.0 Å². The fourth-order valence-corrected chi connectivity index (χ4v) is 2.04. The third kappa shape index (κ3) is 2.81. The second kappa shape index (κ2) is 5.29. The Bertz CT molecular complexity index is 468. The van der Waals surface area contributed by atoms with Crippen molar-refractivity contribution in [2.75, 3.05) is 11.9 Å². The van der Waals surface area contributed by atoms with Gasteiger partial charge in [-0.25, -0.2) is 4.98 Å². The highest BCUT2D eigenvalue weighted by atomic mass is 32.1. The Morgan fingerprint density at radius 3 is 2.94 bits per heavy atom. The van der Waals surface area contributed by atoms with Gasteiger partial charge in [0.25, 0.3) is 0 Å². The molecule has 2 aromatic rings. The van der Waals surface area contributed by atoms with Crippen LogP contribution < -0.4 is 5.32 Å². The molecule has 0 atom stereocenters. The largest absolute Gasteiger partial charge is 0.370 e. The van der Waals surface area contributed by atoms with Gasteiger partial charge in [0.1, 0.15) is 11.9 Å². The van der Waals surface area contributed by atoms with E-state index in [1.54, 1.807) is 23.6 Å². The van der Waals surface area contributed by atoms with E-state index in [2.05, 4.69) is 27.8 Å². The zero-order valence-electron chi connectivity index (χ0n) is 8.68. The van der Waals surface area contributed by atoms with Crippen molar-refractivity contribution in [1.29, 1.82) is 5.26 Å². The third-order valence-corrected chi connectivity index (χ3v) is 3.09. The molecule has 0 unspecified atom stereocenters. The fourth-order valence-electron chi connectivity index (χ4n) is 1.33. The summed E-state index contributed by atoms with van der Waals surface area (Å²) in [6, 6.07) is 9.81.